The van der Waals surface area contributed by atoms with E-state index < -0.39 is 17.7 Å². The van der Waals surface area contributed by atoms with Crippen molar-refractivity contribution in [2.24, 2.45) is 13.0 Å². The third-order valence-corrected chi connectivity index (χ3v) is 8.03. The lowest BCUT2D eigenvalue weighted by Crippen LogP contribution is -2.67. The molecule has 1 saturated heterocycles. The lowest BCUT2D eigenvalue weighted by Gasteiger charge is -2.56. The molecule has 1 spiro atoms. The van der Waals surface area contributed by atoms with Crippen molar-refractivity contribution in [2.45, 2.75) is 30.8 Å². The van der Waals surface area contributed by atoms with Crippen molar-refractivity contribution in [3.63, 3.8) is 0 Å². The number of rotatable bonds is 5. The van der Waals surface area contributed by atoms with E-state index in [1.54, 1.807) is 7.11 Å². The SMILES string of the molecule is COc1ccc2c3c(n(C)c2c1)[C@@H](CO)N(Cc1cc(F)ccc1F)CC31CN(C(=O)C2CC2)C1. The predicted molar refractivity (Wildman–Crippen MR) is 127 cm³/mol. The summed E-state index contributed by atoms with van der Waals surface area (Å²) in [6, 6.07) is 9.06. The Hall–Kier alpha value is -2.97. The molecule has 0 radical (unpaired) electrons. The van der Waals surface area contributed by atoms with Gasteiger partial charge in [-0.25, -0.2) is 8.78 Å². The number of carbonyl (C=O) groups is 1. The first-order valence-electron chi connectivity index (χ1n) is 12.1. The standard InChI is InChI=1S/C27H29F2N3O3/c1-30-22-10-19(35-2)6-7-20(22)24-25(30)23(12-33)31(11-17-9-18(28)5-8-21(17)29)13-27(24)14-32(15-27)26(34)16-3-4-16/h5-10,16,23,33H,3-4,11-15H2,1-2H3/t23-/m1/s1. The minimum atomic E-state index is -0.490. The second-order valence-corrected chi connectivity index (χ2v) is 10.3. The number of aliphatic hydroxyl groups excluding tert-OH is 1. The molecule has 1 aromatic heterocycles. The number of halogens is 2. The van der Waals surface area contributed by atoms with Gasteiger partial charge in [-0.2, -0.15) is 0 Å². The fraction of sp³-hybridized carbons (Fsp3) is 0.444. The van der Waals surface area contributed by atoms with Crippen LogP contribution >= 0.6 is 0 Å². The largest absolute Gasteiger partial charge is 0.497 e. The number of aryl methyl sites for hydroxylation is 1. The van der Waals surface area contributed by atoms with Crippen LogP contribution in [0.1, 0.15) is 35.7 Å². The van der Waals surface area contributed by atoms with E-state index in [0.717, 1.165) is 52.9 Å². The van der Waals surface area contributed by atoms with E-state index in [2.05, 4.69) is 10.6 Å². The smallest absolute Gasteiger partial charge is 0.225 e. The monoisotopic (exact) mass is 481 g/mol. The Labute approximate surface area is 202 Å². The Balaban J connectivity index is 1.47. The zero-order valence-corrected chi connectivity index (χ0v) is 19.9. The molecule has 0 bridgehead atoms. The van der Waals surface area contributed by atoms with E-state index in [1.165, 1.54) is 6.07 Å². The Bertz CT molecular complexity index is 1330. The van der Waals surface area contributed by atoms with Crippen LogP contribution in [0.3, 0.4) is 0 Å². The van der Waals surface area contributed by atoms with E-state index in [1.807, 2.05) is 29.0 Å². The maximum atomic E-state index is 14.6. The van der Waals surface area contributed by atoms with Crippen LogP contribution in [-0.4, -0.2) is 58.7 Å². The normalized spacial score (nSPS) is 21.3. The summed E-state index contributed by atoms with van der Waals surface area (Å²) in [5.74, 6) is 0.142. The zero-order chi connectivity index (χ0) is 24.5. The van der Waals surface area contributed by atoms with Gasteiger partial charge < -0.3 is 19.3 Å². The van der Waals surface area contributed by atoms with Crippen LogP contribution in [-0.2, 0) is 23.8 Å². The van der Waals surface area contributed by atoms with Crippen LogP contribution in [0.4, 0.5) is 8.78 Å². The van der Waals surface area contributed by atoms with E-state index in [4.69, 9.17) is 4.74 Å². The van der Waals surface area contributed by atoms with Crippen molar-refractivity contribution in [2.75, 3.05) is 33.4 Å². The van der Waals surface area contributed by atoms with E-state index in [0.29, 0.717) is 19.6 Å². The molecule has 6 rings (SSSR count). The number of fused-ring (bicyclic) bond motifs is 4. The number of amides is 1. The molecule has 1 N–H and O–H groups in total. The number of benzene rings is 2. The zero-order valence-electron chi connectivity index (χ0n) is 19.9. The molecule has 6 nitrogen and oxygen atoms in total. The highest BCUT2D eigenvalue weighted by Gasteiger charge is 2.55. The second-order valence-electron chi connectivity index (χ2n) is 10.3. The molecule has 184 valence electrons. The molecule has 0 unspecified atom stereocenters. The van der Waals surface area contributed by atoms with Gasteiger partial charge in [0, 0.05) is 67.3 Å². The third-order valence-electron chi connectivity index (χ3n) is 8.03. The molecule has 35 heavy (non-hydrogen) atoms. The van der Waals surface area contributed by atoms with Gasteiger partial charge in [-0.1, -0.05) is 0 Å². The van der Waals surface area contributed by atoms with Gasteiger partial charge in [0.25, 0.3) is 0 Å². The highest BCUT2D eigenvalue weighted by Crippen LogP contribution is 2.51. The minimum Gasteiger partial charge on any atom is -0.497 e. The molecule has 2 aliphatic heterocycles. The minimum absolute atomic E-state index is 0.148. The first kappa shape index (κ1) is 22.5. The van der Waals surface area contributed by atoms with Crippen LogP contribution in [0.25, 0.3) is 10.9 Å². The van der Waals surface area contributed by atoms with Crippen LogP contribution in [0, 0.1) is 17.6 Å². The van der Waals surface area contributed by atoms with Crippen molar-refractivity contribution in [1.82, 2.24) is 14.4 Å². The molecular weight excluding hydrogens is 452 g/mol. The quantitative estimate of drug-likeness (QED) is 0.606. The molecular formula is C27H29F2N3O3. The number of hydrogen-bond acceptors (Lipinski definition) is 4. The molecule has 8 heteroatoms. The Kier molecular flexibility index (Phi) is 5.16. The van der Waals surface area contributed by atoms with Crippen molar-refractivity contribution in [3.8, 4) is 5.75 Å². The number of nitrogens with zero attached hydrogens (tertiary/aromatic N) is 3. The van der Waals surface area contributed by atoms with Crippen molar-refractivity contribution in [3.05, 3.63) is 64.9 Å². The average molecular weight is 482 g/mol. The predicted octanol–water partition coefficient (Wildman–Crippen LogP) is 3.50. The molecule has 1 atom stereocenters. The lowest BCUT2D eigenvalue weighted by atomic mass is 9.68. The van der Waals surface area contributed by atoms with Gasteiger partial charge >= 0.3 is 0 Å². The molecule has 3 aromatic rings. The molecule has 1 saturated carbocycles. The number of ether oxygens (including phenoxy) is 1. The number of carbonyl (C=O) groups excluding carboxylic acids is 1. The molecule has 2 fully saturated rings. The number of likely N-dealkylation sites (tertiary alicyclic amines) is 1. The summed E-state index contributed by atoms with van der Waals surface area (Å²) in [5, 5.41) is 11.6. The fourth-order valence-corrected chi connectivity index (χ4v) is 6.20. The second kappa shape index (κ2) is 8.03. The van der Waals surface area contributed by atoms with E-state index in [9.17, 15) is 18.7 Å². The molecule has 3 aliphatic rings. The summed E-state index contributed by atoms with van der Waals surface area (Å²) in [6.45, 7) is 1.71. The first-order valence-corrected chi connectivity index (χ1v) is 12.1. The molecule has 3 heterocycles. The van der Waals surface area contributed by atoms with Gasteiger partial charge in [0.05, 0.1) is 25.3 Å². The topological polar surface area (TPSA) is 57.9 Å². The lowest BCUT2D eigenvalue weighted by molar-refractivity contribution is -0.142. The van der Waals surface area contributed by atoms with E-state index in [-0.39, 0.29) is 36.0 Å². The van der Waals surface area contributed by atoms with Crippen molar-refractivity contribution >= 4 is 16.8 Å². The van der Waals surface area contributed by atoms with Gasteiger partial charge in [-0.05, 0) is 48.7 Å². The summed E-state index contributed by atoms with van der Waals surface area (Å²) in [5.41, 5.74) is 3.00. The van der Waals surface area contributed by atoms with Crippen LogP contribution in [0.5, 0.6) is 5.75 Å². The summed E-state index contributed by atoms with van der Waals surface area (Å²) in [4.78, 5) is 16.8. The summed E-state index contributed by atoms with van der Waals surface area (Å²) >= 11 is 0. The maximum absolute atomic E-state index is 14.6. The van der Waals surface area contributed by atoms with Gasteiger partial charge in [0.15, 0.2) is 0 Å². The Morgan fingerprint density at radius 3 is 2.60 bits per heavy atom. The summed E-state index contributed by atoms with van der Waals surface area (Å²) < 4.78 is 36.1. The fourth-order valence-electron chi connectivity index (χ4n) is 6.20. The first-order chi connectivity index (χ1) is 16.8. The number of hydrogen-bond donors (Lipinski definition) is 1. The number of methoxy groups -OCH3 is 1. The summed E-state index contributed by atoms with van der Waals surface area (Å²) in [6.07, 6.45) is 1.92. The average Bonchev–Trinajstić information content (AvgIpc) is 3.64. The maximum Gasteiger partial charge on any atom is 0.225 e. The van der Waals surface area contributed by atoms with Gasteiger partial charge in [0.1, 0.15) is 17.4 Å². The van der Waals surface area contributed by atoms with Crippen LogP contribution in [0.15, 0.2) is 36.4 Å². The number of aliphatic hydroxyl groups is 1. The number of aromatic nitrogens is 1. The molecule has 1 amide bonds. The molecule has 2 aromatic carbocycles. The van der Waals surface area contributed by atoms with E-state index >= 15 is 0 Å². The van der Waals surface area contributed by atoms with Crippen LogP contribution in [0.2, 0.25) is 0 Å². The Morgan fingerprint density at radius 2 is 1.91 bits per heavy atom. The third kappa shape index (κ3) is 3.45. The molecule has 1 aliphatic carbocycles. The van der Waals surface area contributed by atoms with Crippen molar-refractivity contribution in [1.29, 1.82) is 0 Å². The van der Waals surface area contributed by atoms with Gasteiger partial charge in [-0.15, -0.1) is 0 Å². The van der Waals surface area contributed by atoms with Crippen LogP contribution < -0.4 is 4.74 Å². The Morgan fingerprint density at radius 1 is 1.14 bits per heavy atom. The highest BCUT2D eigenvalue weighted by atomic mass is 19.1. The highest BCUT2D eigenvalue weighted by molar-refractivity contribution is 5.90. The van der Waals surface area contributed by atoms with Gasteiger partial charge in [0.2, 0.25) is 5.91 Å². The van der Waals surface area contributed by atoms with Gasteiger partial charge in [-0.3, -0.25) is 9.69 Å². The van der Waals surface area contributed by atoms with Crippen molar-refractivity contribution < 1.29 is 23.4 Å². The summed E-state index contributed by atoms with van der Waals surface area (Å²) in [7, 11) is 3.60.